The molecule has 8 heteroatoms. The number of nitrogens with zero attached hydrogens (tertiary/aromatic N) is 3. The molecule has 0 aliphatic rings. The summed E-state index contributed by atoms with van der Waals surface area (Å²) >= 11 is 1.30. The van der Waals surface area contributed by atoms with Crippen LogP contribution in [0.2, 0.25) is 0 Å². The summed E-state index contributed by atoms with van der Waals surface area (Å²) in [4.78, 5) is 25.9. The van der Waals surface area contributed by atoms with Crippen LogP contribution in [0.15, 0.2) is 24.3 Å². The molecule has 140 valence electrons. The van der Waals surface area contributed by atoms with Gasteiger partial charge in [0.2, 0.25) is 16.9 Å². The normalized spacial score (nSPS) is 13.0. The highest BCUT2D eigenvalue weighted by atomic mass is 32.1. The third-order valence-electron chi connectivity index (χ3n) is 4.14. The van der Waals surface area contributed by atoms with Crippen LogP contribution in [0.5, 0.6) is 0 Å². The zero-order valence-corrected chi connectivity index (χ0v) is 16.6. The molecule has 2 rings (SSSR count). The van der Waals surface area contributed by atoms with E-state index in [4.69, 9.17) is 0 Å². The minimum Gasteiger partial charge on any atom is -0.378 e. The fraction of sp³-hybridized carbons (Fsp3) is 0.444. The number of rotatable bonds is 7. The molecule has 2 atom stereocenters. The first-order valence-electron chi connectivity index (χ1n) is 8.51. The molecule has 0 radical (unpaired) electrons. The van der Waals surface area contributed by atoms with Crippen LogP contribution in [-0.2, 0) is 9.59 Å². The number of aromatic nitrogens is 2. The van der Waals surface area contributed by atoms with E-state index in [9.17, 15) is 9.59 Å². The van der Waals surface area contributed by atoms with Crippen LogP contribution in [0.3, 0.4) is 0 Å². The van der Waals surface area contributed by atoms with Crippen molar-refractivity contribution in [2.45, 2.75) is 33.2 Å². The zero-order valence-electron chi connectivity index (χ0n) is 15.7. The van der Waals surface area contributed by atoms with E-state index in [0.717, 1.165) is 22.7 Å². The quantitative estimate of drug-likeness (QED) is 0.777. The van der Waals surface area contributed by atoms with Gasteiger partial charge in [0, 0.05) is 32.3 Å². The third-order valence-corrected chi connectivity index (χ3v) is 5.03. The fourth-order valence-electron chi connectivity index (χ4n) is 2.40. The molecular formula is C18H25N5O2S. The number of amides is 2. The number of anilines is 2. The van der Waals surface area contributed by atoms with E-state index < -0.39 is 6.04 Å². The van der Waals surface area contributed by atoms with Crippen molar-refractivity contribution >= 4 is 34.0 Å². The van der Waals surface area contributed by atoms with Gasteiger partial charge in [-0.05, 0) is 30.2 Å². The Bertz CT molecular complexity index is 757. The number of benzene rings is 1. The zero-order chi connectivity index (χ0) is 19.3. The second kappa shape index (κ2) is 8.75. The lowest BCUT2D eigenvalue weighted by Gasteiger charge is -2.22. The van der Waals surface area contributed by atoms with Gasteiger partial charge >= 0.3 is 0 Å². The Hall–Kier alpha value is -2.48. The summed E-state index contributed by atoms with van der Waals surface area (Å²) in [6.07, 6.45) is 0.776. The second-order valence-electron chi connectivity index (χ2n) is 6.41. The van der Waals surface area contributed by atoms with Gasteiger partial charge in [0.25, 0.3) is 0 Å². The molecule has 0 saturated carbocycles. The predicted molar refractivity (Wildman–Crippen MR) is 105 cm³/mol. The molecule has 0 saturated heterocycles. The fourth-order valence-corrected chi connectivity index (χ4v) is 3.15. The molecule has 0 fully saturated rings. The number of nitrogens with one attached hydrogen (secondary N) is 2. The van der Waals surface area contributed by atoms with Crippen LogP contribution < -0.4 is 15.5 Å². The largest absolute Gasteiger partial charge is 0.378 e. The molecule has 0 aliphatic heterocycles. The van der Waals surface area contributed by atoms with E-state index in [0.29, 0.717) is 5.13 Å². The van der Waals surface area contributed by atoms with Crippen molar-refractivity contribution in [2.24, 2.45) is 5.92 Å². The Morgan fingerprint density at radius 2 is 1.85 bits per heavy atom. The molecule has 1 heterocycles. The lowest BCUT2D eigenvalue weighted by molar-refractivity contribution is -0.126. The van der Waals surface area contributed by atoms with Gasteiger partial charge in [0.15, 0.2) is 0 Å². The van der Waals surface area contributed by atoms with Gasteiger partial charge < -0.3 is 10.2 Å². The summed E-state index contributed by atoms with van der Waals surface area (Å²) < 4.78 is 0. The van der Waals surface area contributed by atoms with Crippen molar-refractivity contribution in [3.8, 4) is 10.6 Å². The molecule has 0 bridgehead atoms. The Morgan fingerprint density at radius 3 is 2.38 bits per heavy atom. The van der Waals surface area contributed by atoms with Gasteiger partial charge in [0.1, 0.15) is 11.0 Å². The van der Waals surface area contributed by atoms with Crippen LogP contribution in [0, 0.1) is 5.92 Å². The lowest BCUT2D eigenvalue weighted by Crippen LogP contribution is -2.46. The smallest absolute Gasteiger partial charge is 0.249 e. The number of carbonyl (C=O) groups excluding carboxylic acids is 2. The molecule has 1 aromatic heterocycles. The van der Waals surface area contributed by atoms with Gasteiger partial charge in [-0.2, -0.15) is 0 Å². The van der Waals surface area contributed by atoms with Crippen LogP contribution in [0.1, 0.15) is 27.2 Å². The summed E-state index contributed by atoms with van der Waals surface area (Å²) in [6.45, 7) is 5.31. The average molecular weight is 375 g/mol. The molecule has 7 nitrogen and oxygen atoms in total. The minimum atomic E-state index is -0.593. The Morgan fingerprint density at radius 1 is 1.19 bits per heavy atom. The van der Waals surface area contributed by atoms with E-state index in [1.807, 2.05) is 57.1 Å². The maximum Gasteiger partial charge on any atom is 0.249 e. The van der Waals surface area contributed by atoms with Gasteiger partial charge in [0.05, 0.1) is 0 Å². The third kappa shape index (κ3) is 5.01. The van der Waals surface area contributed by atoms with Crippen molar-refractivity contribution in [1.29, 1.82) is 0 Å². The summed E-state index contributed by atoms with van der Waals surface area (Å²) in [5, 5.41) is 14.8. The lowest BCUT2D eigenvalue weighted by atomic mass is 9.98. The van der Waals surface area contributed by atoms with Gasteiger partial charge in [-0.3, -0.25) is 14.9 Å². The predicted octanol–water partition coefficient (Wildman–Crippen LogP) is 2.76. The maximum absolute atomic E-state index is 12.5. The van der Waals surface area contributed by atoms with Gasteiger partial charge in [-0.1, -0.05) is 31.6 Å². The summed E-state index contributed by atoms with van der Waals surface area (Å²) in [6, 6.07) is 7.36. The van der Waals surface area contributed by atoms with Crippen LogP contribution >= 0.6 is 11.3 Å². The molecule has 2 N–H and O–H groups in total. The van der Waals surface area contributed by atoms with Crippen LogP contribution in [0.25, 0.3) is 10.6 Å². The standard InChI is InChI=1S/C18H25N5O2S/c1-6-11(2)15(19-12(3)24)16(25)20-18-22-21-17(26-18)13-7-9-14(10-8-13)23(4)5/h7-11,15H,6H2,1-5H3,(H,19,24)(H,20,22,25). The van der Waals surface area contributed by atoms with E-state index in [1.165, 1.54) is 18.3 Å². The van der Waals surface area contributed by atoms with Gasteiger partial charge in [-0.15, -0.1) is 10.2 Å². The Kier molecular flexibility index (Phi) is 6.68. The van der Waals surface area contributed by atoms with E-state index in [2.05, 4.69) is 20.8 Å². The number of hydrogen-bond acceptors (Lipinski definition) is 6. The van der Waals surface area contributed by atoms with Crippen molar-refractivity contribution in [3.05, 3.63) is 24.3 Å². The van der Waals surface area contributed by atoms with E-state index >= 15 is 0 Å². The van der Waals surface area contributed by atoms with Crippen molar-refractivity contribution in [3.63, 3.8) is 0 Å². The van der Waals surface area contributed by atoms with Crippen molar-refractivity contribution in [2.75, 3.05) is 24.3 Å². The first-order valence-corrected chi connectivity index (χ1v) is 9.32. The summed E-state index contributed by atoms with van der Waals surface area (Å²) in [5.41, 5.74) is 2.03. The van der Waals surface area contributed by atoms with E-state index in [1.54, 1.807) is 0 Å². The topological polar surface area (TPSA) is 87.2 Å². The highest BCUT2D eigenvalue weighted by molar-refractivity contribution is 7.18. The maximum atomic E-state index is 12.5. The molecule has 2 unspecified atom stereocenters. The molecule has 0 aliphatic carbocycles. The monoisotopic (exact) mass is 375 g/mol. The molecule has 2 amide bonds. The van der Waals surface area contributed by atoms with Crippen LogP contribution in [-0.4, -0.2) is 42.1 Å². The van der Waals surface area contributed by atoms with Crippen molar-refractivity contribution in [1.82, 2.24) is 15.5 Å². The van der Waals surface area contributed by atoms with Gasteiger partial charge in [-0.25, -0.2) is 0 Å². The first kappa shape index (κ1) is 19.8. The molecule has 1 aromatic carbocycles. The minimum absolute atomic E-state index is 0.0184. The molecule has 26 heavy (non-hydrogen) atoms. The molecule has 2 aromatic rings. The Labute approximate surface area is 157 Å². The van der Waals surface area contributed by atoms with E-state index in [-0.39, 0.29) is 17.7 Å². The number of carbonyl (C=O) groups is 2. The average Bonchev–Trinajstić information content (AvgIpc) is 3.07. The number of hydrogen-bond donors (Lipinski definition) is 2. The molecule has 0 spiro atoms. The van der Waals surface area contributed by atoms with Crippen LogP contribution in [0.4, 0.5) is 10.8 Å². The second-order valence-corrected chi connectivity index (χ2v) is 7.38. The summed E-state index contributed by atoms with van der Waals surface area (Å²) in [7, 11) is 3.97. The highest BCUT2D eigenvalue weighted by Gasteiger charge is 2.25. The molecular weight excluding hydrogens is 350 g/mol. The first-order chi connectivity index (χ1) is 12.3. The summed E-state index contributed by atoms with van der Waals surface area (Å²) in [5.74, 6) is -0.491. The SMILES string of the molecule is CCC(C)C(NC(C)=O)C(=O)Nc1nnc(-c2ccc(N(C)C)cc2)s1. The highest BCUT2D eigenvalue weighted by Crippen LogP contribution is 2.28. The Balaban J connectivity index is 2.11. The van der Waals surface area contributed by atoms with Crippen molar-refractivity contribution < 1.29 is 9.59 Å².